The molecule has 0 aromatic heterocycles. The summed E-state index contributed by atoms with van der Waals surface area (Å²) in [4.78, 5) is 15.0. The van der Waals surface area contributed by atoms with Gasteiger partial charge in [-0.15, -0.1) is 0 Å². The summed E-state index contributed by atoms with van der Waals surface area (Å²) in [5, 5.41) is 11.2. The zero-order chi connectivity index (χ0) is 11.6. The molecular weight excluding hydrogens is 220 g/mol. The van der Waals surface area contributed by atoms with Crippen LogP contribution < -0.4 is 5.90 Å². The molecule has 1 aromatic rings. The van der Waals surface area contributed by atoms with Gasteiger partial charge in [-0.05, 0) is 26.0 Å². The molecule has 5 nitrogen and oxygen atoms in total. The van der Waals surface area contributed by atoms with E-state index in [9.17, 15) is 10.1 Å². The molecule has 0 aliphatic carbocycles. The SMILES string of the molecule is CC(C)(ON)c1cc(Cl)ccc1[N+](=O)[O-]. The number of hydrogen-bond acceptors (Lipinski definition) is 4. The molecule has 1 rings (SSSR count). The fourth-order valence-electron chi connectivity index (χ4n) is 1.21. The van der Waals surface area contributed by atoms with Gasteiger partial charge in [0.2, 0.25) is 0 Å². The van der Waals surface area contributed by atoms with Crippen molar-refractivity contribution in [3.05, 3.63) is 38.9 Å². The predicted octanol–water partition coefficient (Wildman–Crippen LogP) is 2.37. The summed E-state index contributed by atoms with van der Waals surface area (Å²) in [5.41, 5.74) is -0.662. The topological polar surface area (TPSA) is 78.4 Å². The van der Waals surface area contributed by atoms with Crippen LogP contribution in [0.15, 0.2) is 18.2 Å². The van der Waals surface area contributed by atoms with Gasteiger partial charge in [-0.2, -0.15) is 0 Å². The van der Waals surface area contributed by atoms with Gasteiger partial charge in [-0.1, -0.05) is 11.6 Å². The highest BCUT2D eigenvalue weighted by Crippen LogP contribution is 2.33. The van der Waals surface area contributed by atoms with Gasteiger partial charge < -0.3 is 0 Å². The fraction of sp³-hybridized carbons (Fsp3) is 0.333. The van der Waals surface area contributed by atoms with Gasteiger partial charge in [-0.3, -0.25) is 15.0 Å². The van der Waals surface area contributed by atoms with Crippen molar-refractivity contribution in [1.82, 2.24) is 0 Å². The zero-order valence-electron chi connectivity index (χ0n) is 8.36. The van der Waals surface area contributed by atoms with Crippen molar-refractivity contribution < 1.29 is 9.76 Å². The lowest BCUT2D eigenvalue weighted by Crippen LogP contribution is -2.26. The largest absolute Gasteiger partial charge is 0.294 e. The maximum absolute atomic E-state index is 10.8. The molecule has 0 fully saturated rings. The van der Waals surface area contributed by atoms with Crippen LogP contribution in [-0.4, -0.2) is 4.92 Å². The van der Waals surface area contributed by atoms with Gasteiger partial charge in [0, 0.05) is 11.1 Å². The number of nitro benzene ring substituents is 1. The van der Waals surface area contributed by atoms with E-state index in [1.54, 1.807) is 13.8 Å². The second-order valence-corrected chi connectivity index (χ2v) is 3.98. The highest BCUT2D eigenvalue weighted by molar-refractivity contribution is 6.30. The predicted molar refractivity (Wildman–Crippen MR) is 56.4 cm³/mol. The summed E-state index contributed by atoms with van der Waals surface area (Å²) in [6.07, 6.45) is 0. The molecule has 0 spiro atoms. The molecule has 0 unspecified atom stereocenters. The number of hydrogen-bond donors (Lipinski definition) is 1. The normalized spacial score (nSPS) is 11.5. The quantitative estimate of drug-likeness (QED) is 0.639. The molecule has 15 heavy (non-hydrogen) atoms. The van der Waals surface area contributed by atoms with Crippen molar-refractivity contribution >= 4 is 17.3 Å². The van der Waals surface area contributed by atoms with Gasteiger partial charge in [0.05, 0.1) is 10.5 Å². The first-order valence-corrected chi connectivity index (χ1v) is 4.58. The molecule has 0 saturated heterocycles. The van der Waals surface area contributed by atoms with Crippen molar-refractivity contribution in [1.29, 1.82) is 0 Å². The second-order valence-electron chi connectivity index (χ2n) is 3.55. The summed E-state index contributed by atoms with van der Waals surface area (Å²) in [6.45, 7) is 3.26. The van der Waals surface area contributed by atoms with E-state index in [0.29, 0.717) is 10.6 Å². The Balaban J connectivity index is 3.37. The van der Waals surface area contributed by atoms with Crippen molar-refractivity contribution in [2.75, 3.05) is 0 Å². The third-order valence-electron chi connectivity index (χ3n) is 2.10. The Hall–Kier alpha value is -1.17. The van der Waals surface area contributed by atoms with E-state index in [0.717, 1.165) is 0 Å². The second kappa shape index (κ2) is 4.14. The summed E-state index contributed by atoms with van der Waals surface area (Å²) in [6, 6.07) is 4.26. The van der Waals surface area contributed by atoms with Crippen LogP contribution in [0.3, 0.4) is 0 Å². The lowest BCUT2D eigenvalue weighted by molar-refractivity contribution is -0.386. The monoisotopic (exact) mass is 230 g/mol. The third-order valence-corrected chi connectivity index (χ3v) is 2.33. The molecule has 1 aromatic carbocycles. The van der Waals surface area contributed by atoms with E-state index < -0.39 is 10.5 Å². The van der Waals surface area contributed by atoms with Crippen LogP contribution in [-0.2, 0) is 10.4 Å². The summed E-state index contributed by atoms with van der Waals surface area (Å²) in [5.74, 6) is 5.09. The van der Waals surface area contributed by atoms with Crippen LogP contribution in [0.25, 0.3) is 0 Å². The first kappa shape index (κ1) is 11.9. The van der Waals surface area contributed by atoms with E-state index in [1.165, 1.54) is 18.2 Å². The fourth-order valence-corrected chi connectivity index (χ4v) is 1.39. The summed E-state index contributed by atoms with van der Waals surface area (Å²) >= 11 is 5.77. The Morgan fingerprint density at radius 3 is 2.60 bits per heavy atom. The Morgan fingerprint density at radius 1 is 1.53 bits per heavy atom. The molecule has 0 bridgehead atoms. The van der Waals surface area contributed by atoms with E-state index in [-0.39, 0.29) is 5.69 Å². The highest BCUT2D eigenvalue weighted by atomic mass is 35.5. The summed E-state index contributed by atoms with van der Waals surface area (Å²) < 4.78 is 0. The van der Waals surface area contributed by atoms with Crippen LogP contribution >= 0.6 is 11.6 Å². The molecule has 0 amide bonds. The van der Waals surface area contributed by atoms with Gasteiger partial charge in [0.25, 0.3) is 5.69 Å². The minimum absolute atomic E-state index is 0.0603. The number of benzene rings is 1. The molecule has 2 N–H and O–H groups in total. The number of halogens is 1. The van der Waals surface area contributed by atoms with Crippen LogP contribution in [0.1, 0.15) is 19.4 Å². The minimum Gasteiger partial charge on any atom is -0.294 e. The number of nitrogens with two attached hydrogens (primary N) is 1. The van der Waals surface area contributed by atoms with Gasteiger partial charge in [0.15, 0.2) is 0 Å². The molecule has 0 atom stereocenters. The first-order valence-electron chi connectivity index (χ1n) is 4.21. The maximum Gasteiger partial charge on any atom is 0.275 e. The van der Waals surface area contributed by atoms with Gasteiger partial charge in [0.1, 0.15) is 5.60 Å². The van der Waals surface area contributed by atoms with Gasteiger partial charge >= 0.3 is 0 Å². The molecule has 0 aliphatic rings. The molecule has 82 valence electrons. The Labute approximate surface area is 91.9 Å². The lowest BCUT2D eigenvalue weighted by atomic mass is 9.96. The minimum atomic E-state index is -0.951. The van der Waals surface area contributed by atoms with Crippen molar-refractivity contribution in [3.8, 4) is 0 Å². The van der Waals surface area contributed by atoms with E-state index >= 15 is 0 Å². The number of nitrogens with zero attached hydrogens (tertiary/aromatic N) is 1. The van der Waals surface area contributed by atoms with Crippen LogP contribution in [0.2, 0.25) is 5.02 Å². The molecule has 6 heteroatoms. The standard InChI is InChI=1S/C9H11ClN2O3/c1-9(2,15-11)7-5-6(10)3-4-8(7)12(13)14/h3-5H,11H2,1-2H3. The van der Waals surface area contributed by atoms with Crippen LogP contribution in [0.5, 0.6) is 0 Å². The Bertz CT molecular complexity index is 393. The molecule has 0 radical (unpaired) electrons. The number of rotatable bonds is 3. The van der Waals surface area contributed by atoms with E-state index in [2.05, 4.69) is 0 Å². The zero-order valence-corrected chi connectivity index (χ0v) is 9.12. The van der Waals surface area contributed by atoms with Crippen molar-refractivity contribution in [2.45, 2.75) is 19.4 Å². The third kappa shape index (κ3) is 2.44. The highest BCUT2D eigenvalue weighted by Gasteiger charge is 2.29. The van der Waals surface area contributed by atoms with Crippen LogP contribution in [0.4, 0.5) is 5.69 Å². The Kier molecular flexibility index (Phi) is 3.28. The smallest absolute Gasteiger partial charge is 0.275 e. The number of nitro groups is 1. The van der Waals surface area contributed by atoms with Crippen LogP contribution in [0, 0.1) is 10.1 Å². The van der Waals surface area contributed by atoms with Gasteiger partial charge in [-0.25, -0.2) is 5.90 Å². The van der Waals surface area contributed by atoms with Crippen molar-refractivity contribution in [2.24, 2.45) is 5.90 Å². The maximum atomic E-state index is 10.8. The molecule has 0 heterocycles. The average molecular weight is 231 g/mol. The first-order chi connectivity index (χ1) is 6.88. The van der Waals surface area contributed by atoms with E-state index in [1.807, 2.05) is 0 Å². The molecule has 0 saturated carbocycles. The summed E-state index contributed by atoms with van der Waals surface area (Å²) in [7, 11) is 0. The average Bonchev–Trinajstić information content (AvgIpc) is 2.17. The molecule has 0 aliphatic heterocycles. The Morgan fingerprint density at radius 2 is 2.13 bits per heavy atom. The lowest BCUT2D eigenvalue weighted by Gasteiger charge is -2.21. The molecular formula is C9H11ClN2O3. The van der Waals surface area contributed by atoms with Crippen molar-refractivity contribution in [3.63, 3.8) is 0 Å². The van der Waals surface area contributed by atoms with E-state index in [4.69, 9.17) is 22.3 Å².